The van der Waals surface area contributed by atoms with Crippen molar-refractivity contribution in [3.05, 3.63) is 51.1 Å². The monoisotopic (exact) mass is 492 g/mol. The second-order valence-corrected chi connectivity index (χ2v) is 6.64. The third kappa shape index (κ3) is 5.47. The molecule has 2 rings (SSSR count). The molecule has 1 N–H and O–H groups in total. The molecule has 0 spiro atoms. The predicted octanol–water partition coefficient (Wildman–Crippen LogP) is 3.78. The lowest BCUT2D eigenvalue weighted by Gasteiger charge is -2.11. The Labute approximate surface area is 176 Å². The van der Waals surface area contributed by atoms with Gasteiger partial charge in [-0.15, -0.1) is 0 Å². The number of nitrogens with one attached hydrogen (secondary N) is 1. The van der Waals surface area contributed by atoms with Crippen LogP contribution in [0.2, 0.25) is 0 Å². The summed E-state index contributed by atoms with van der Waals surface area (Å²) in [5, 5.41) is 12.0. The van der Waals surface area contributed by atoms with Gasteiger partial charge in [0, 0.05) is 12.6 Å². The summed E-state index contributed by atoms with van der Waals surface area (Å²) in [6.07, 6.45) is 1.43. The largest absolute Gasteiger partial charge is 0.497 e. The molecule has 2 aromatic carbocycles. The Balaban J connectivity index is 2.29. The summed E-state index contributed by atoms with van der Waals surface area (Å²) < 4.78 is 16.1. The van der Waals surface area contributed by atoms with Gasteiger partial charge in [-0.25, -0.2) is 0 Å². The highest BCUT2D eigenvalue weighted by Gasteiger charge is 2.15. The minimum Gasteiger partial charge on any atom is -0.497 e. The molecule has 0 bridgehead atoms. The highest BCUT2D eigenvalue weighted by molar-refractivity contribution is 14.1. The molecule has 0 aliphatic carbocycles. The minimum atomic E-state index is -0.550. The highest BCUT2D eigenvalue weighted by atomic mass is 127. The molecule has 1 amide bonds. The quantitative estimate of drug-likeness (QED) is 0.217. The number of rotatable bonds is 6. The highest BCUT2D eigenvalue weighted by Crippen LogP contribution is 2.34. The number of halogens is 1. The first-order chi connectivity index (χ1) is 13.4. The van der Waals surface area contributed by atoms with Crippen LogP contribution < -0.4 is 19.5 Å². The molecule has 0 heterocycles. The smallest absolute Gasteiger partial charge is 0.308 e. The lowest BCUT2D eigenvalue weighted by Crippen LogP contribution is -2.13. The topological polar surface area (TPSA) is 97.6 Å². The standard InChI is InChI=1S/C20H17IN2O5/c1-12(24)28-19-17(21)9-13(10-18(19)27-3)8-14(11-22)20(25)23-15-4-6-16(26-2)7-5-15/h4-10H,1-3H3,(H,23,25)/b14-8+. The van der Waals surface area contributed by atoms with Crippen LogP contribution in [-0.2, 0) is 9.59 Å². The van der Waals surface area contributed by atoms with Crippen molar-refractivity contribution in [2.24, 2.45) is 0 Å². The number of anilines is 1. The van der Waals surface area contributed by atoms with E-state index in [1.807, 2.05) is 28.7 Å². The Hall–Kier alpha value is -3.06. The lowest BCUT2D eigenvalue weighted by atomic mass is 10.1. The van der Waals surface area contributed by atoms with E-state index in [0.29, 0.717) is 26.3 Å². The number of methoxy groups -OCH3 is 2. The minimum absolute atomic E-state index is 0.0890. The van der Waals surface area contributed by atoms with Gasteiger partial charge in [-0.1, -0.05) is 0 Å². The van der Waals surface area contributed by atoms with Crippen LogP contribution in [0.3, 0.4) is 0 Å². The third-order valence-electron chi connectivity index (χ3n) is 3.52. The summed E-state index contributed by atoms with van der Waals surface area (Å²) in [7, 11) is 2.99. The van der Waals surface area contributed by atoms with Crippen LogP contribution in [0.5, 0.6) is 17.2 Å². The van der Waals surface area contributed by atoms with E-state index >= 15 is 0 Å². The van der Waals surface area contributed by atoms with Crippen molar-refractivity contribution in [2.75, 3.05) is 19.5 Å². The normalized spacial score (nSPS) is 10.6. The molecule has 144 valence electrons. The molecule has 0 radical (unpaired) electrons. The van der Waals surface area contributed by atoms with Gasteiger partial charge in [-0.3, -0.25) is 9.59 Å². The Morgan fingerprint density at radius 1 is 1.14 bits per heavy atom. The van der Waals surface area contributed by atoms with E-state index < -0.39 is 11.9 Å². The van der Waals surface area contributed by atoms with Crippen LogP contribution in [0.4, 0.5) is 5.69 Å². The average Bonchev–Trinajstić information content (AvgIpc) is 2.68. The molecule has 0 fully saturated rings. The maximum Gasteiger partial charge on any atom is 0.308 e. The number of ether oxygens (including phenoxy) is 3. The molecule has 0 unspecified atom stereocenters. The van der Waals surface area contributed by atoms with Gasteiger partial charge in [0.25, 0.3) is 5.91 Å². The van der Waals surface area contributed by atoms with Gasteiger partial charge < -0.3 is 19.5 Å². The maximum absolute atomic E-state index is 12.4. The molecule has 2 aromatic rings. The third-order valence-corrected chi connectivity index (χ3v) is 4.32. The predicted molar refractivity (Wildman–Crippen MR) is 112 cm³/mol. The summed E-state index contributed by atoms with van der Waals surface area (Å²) in [6.45, 7) is 1.29. The number of amides is 1. The van der Waals surface area contributed by atoms with Crippen LogP contribution in [-0.4, -0.2) is 26.1 Å². The fourth-order valence-corrected chi connectivity index (χ4v) is 2.99. The second kappa shape index (κ2) is 9.75. The fourth-order valence-electron chi connectivity index (χ4n) is 2.25. The van der Waals surface area contributed by atoms with E-state index in [0.717, 1.165) is 0 Å². The van der Waals surface area contributed by atoms with Crippen LogP contribution in [0.25, 0.3) is 6.08 Å². The molecule has 8 heteroatoms. The van der Waals surface area contributed by atoms with Crippen molar-refractivity contribution >= 4 is 46.2 Å². The Morgan fingerprint density at radius 2 is 1.82 bits per heavy atom. The van der Waals surface area contributed by atoms with Crippen LogP contribution in [0.15, 0.2) is 42.0 Å². The summed E-state index contributed by atoms with van der Waals surface area (Å²) in [6, 6.07) is 11.9. The van der Waals surface area contributed by atoms with Gasteiger partial charge in [-0.05, 0) is 70.6 Å². The first-order valence-corrected chi connectivity index (χ1v) is 9.09. The summed E-state index contributed by atoms with van der Waals surface area (Å²) in [5.74, 6) is 0.237. The van der Waals surface area contributed by atoms with Gasteiger partial charge in [0.15, 0.2) is 11.5 Å². The SMILES string of the molecule is COc1ccc(NC(=O)/C(C#N)=C/c2cc(I)c(OC(C)=O)c(OC)c2)cc1. The van der Waals surface area contributed by atoms with Crippen molar-refractivity contribution in [3.63, 3.8) is 0 Å². The van der Waals surface area contributed by atoms with Crippen molar-refractivity contribution < 1.29 is 23.8 Å². The van der Waals surface area contributed by atoms with Gasteiger partial charge in [0.1, 0.15) is 17.4 Å². The van der Waals surface area contributed by atoms with E-state index in [1.165, 1.54) is 20.1 Å². The van der Waals surface area contributed by atoms with Crippen molar-refractivity contribution in [3.8, 4) is 23.3 Å². The second-order valence-electron chi connectivity index (χ2n) is 5.48. The Morgan fingerprint density at radius 3 is 2.36 bits per heavy atom. The number of carbonyl (C=O) groups excluding carboxylic acids is 2. The zero-order valence-corrected chi connectivity index (χ0v) is 17.6. The van der Waals surface area contributed by atoms with Gasteiger partial charge in [-0.2, -0.15) is 5.26 Å². The molecule has 0 aliphatic heterocycles. The number of carbonyl (C=O) groups is 2. The molecule has 0 aliphatic rings. The molecular formula is C20H17IN2O5. The van der Waals surface area contributed by atoms with E-state index in [1.54, 1.807) is 43.5 Å². The number of hydrogen-bond acceptors (Lipinski definition) is 6. The number of hydrogen-bond donors (Lipinski definition) is 1. The lowest BCUT2D eigenvalue weighted by molar-refractivity contribution is -0.132. The maximum atomic E-state index is 12.4. The van der Waals surface area contributed by atoms with E-state index in [9.17, 15) is 14.9 Å². The molecule has 0 saturated carbocycles. The van der Waals surface area contributed by atoms with E-state index in [-0.39, 0.29) is 11.3 Å². The van der Waals surface area contributed by atoms with Crippen molar-refractivity contribution in [2.45, 2.75) is 6.92 Å². The van der Waals surface area contributed by atoms with Crippen LogP contribution in [0, 0.1) is 14.9 Å². The van der Waals surface area contributed by atoms with Crippen LogP contribution >= 0.6 is 22.6 Å². The van der Waals surface area contributed by atoms with Gasteiger partial charge >= 0.3 is 5.97 Å². The molecule has 0 saturated heterocycles. The van der Waals surface area contributed by atoms with Crippen LogP contribution in [0.1, 0.15) is 12.5 Å². The van der Waals surface area contributed by atoms with E-state index in [4.69, 9.17) is 14.2 Å². The summed E-state index contributed by atoms with van der Waals surface area (Å²) in [5.41, 5.74) is 0.997. The molecule has 28 heavy (non-hydrogen) atoms. The molecular weight excluding hydrogens is 475 g/mol. The van der Waals surface area contributed by atoms with Gasteiger partial charge in [0.2, 0.25) is 0 Å². The molecule has 7 nitrogen and oxygen atoms in total. The number of esters is 1. The summed E-state index contributed by atoms with van der Waals surface area (Å²) >= 11 is 1.99. The van der Waals surface area contributed by atoms with Crippen molar-refractivity contribution in [1.29, 1.82) is 5.26 Å². The summed E-state index contributed by atoms with van der Waals surface area (Å²) in [4.78, 5) is 23.7. The Bertz CT molecular complexity index is 962. The first-order valence-electron chi connectivity index (χ1n) is 8.01. The number of nitriles is 1. The van der Waals surface area contributed by atoms with Gasteiger partial charge in [0.05, 0.1) is 17.8 Å². The Kier molecular flexibility index (Phi) is 7.40. The number of benzene rings is 2. The average molecular weight is 492 g/mol. The zero-order valence-electron chi connectivity index (χ0n) is 15.4. The molecule has 0 aromatic heterocycles. The zero-order chi connectivity index (χ0) is 20.7. The van der Waals surface area contributed by atoms with Crippen molar-refractivity contribution in [1.82, 2.24) is 0 Å². The molecule has 0 atom stereocenters. The van der Waals surface area contributed by atoms with E-state index in [2.05, 4.69) is 5.32 Å². The first kappa shape index (κ1) is 21.2. The fraction of sp³-hybridized carbons (Fsp3) is 0.150. The number of nitrogens with zero attached hydrogens (tertiary/aromatic N) is 1.